The zero-order chi connectivity index (χ0) is 14.5. The summed E-state index contributed by atoms with van der Waals surface area (Å²) in [6.45, 7) is 0.529. The number of furan rings is 1. The summed E-state index contributed by atoms with van der Waals surface area (Å²) in [5.74, 6) is 1.37. The van der Waals surface area contributed by atoms with E-state index in [4.69, 9.17) is 4.42 Å². The number of carbonyl (C=O) groups excluding carboxylic acids is 1. The standard InChI is InChI=1S/C16H15N3O2/c20-16(8-7-12-4-3-11-21-12)17-10-9-15-18-13-5-1-2-6-14(13)19-15/h1-8,11H,9-10H2,(H,17,20)(H,18,19). The molecule has 3 rings (SSSR count). The number of amides is 1. The van der Waals surface area contributed by atoms with Gasteiger partial charge in [0, 0.05) is 19.0 Å². The molecule has 0 saturated heterocycles. The molecule has 0 fully saturated rings. The highest BCUT2D eigenvalue weighted by molar-refractivity contribution is 5.91. The van der Waals surface area contributed by atoms with E-state index in [9.17, 15) is 4.79 Å². The van der Waals surface area contributed by atoms with Gasteiger partial charge < -0.3 is 14.7 Å². The monoisotopic (exact) mass is 281 g/mol. The van der Waals surface area contributed by atoms with Crippen LogP contribution in [0.3, 0.4) is 0 Å². The fourth-order valence-corrected chi connectivity index (χ4v) is 2.03. The molecule has 0 radical (unpaired) electrons. The number of rotatable bonds is 5. The number of nitrogens with zero attached hydrogens (tertiary/aromatic N) is 1. The molecule has 1 aromatic carbocycles. The second kappa shape index (κ2) is 6.09. The number of H-pyrrole nitrogens is 1. The van der Waals surface area contributed by atoms with Crippen LogP contribution in [0.2, 0.25) is 0 Å². The van der Waals surface area contributed by atoms with E-state index in [2.05, 4.69) is 15.3 Å². The molecule has 5 nitrogen and oxygen atoms in total. The van der Waals surface area contributed by atoms with Gasteiger partial charge in [-0.3, -0.25) is 4.79 Å². The Labute approximate surface area is 121 Å². The van der Waals surface area contributed by atoms with E-state index < -0.39 is 0 Å². The van der Waals surface area contributed by atoms with Gasteiger partial charge in [-0.1, -0.05) is 12.1 Å². The van der Waals surface area contributed by atoms with Gasteiger partial charge in [0.05, 0.1) is 17.3 Å². The Morgan fingerprint density at radius 3 is 3.00 bits per heavy atom. The number of imidazole rings is 1. The van der Waals surface area contributed by atoms with Crippen LogP contribution in [0.15, 0.2) is 53.2 Å². The Balaban J connectivity index is 1.50. The first-order valence-electron chi connectivity index (χ1n) is 6.74. The van der Waals surface area contributed by atoms with Gasteiger partial charge in [-0.05, 0) is 30.3 Å². The number of aromatic amines is 1. The molecule has 0 aliphatic heterocycles. The van der Waals surface area contributed by atoms with E-state index in [-0.39, 0.29) is 5.91 Å². The lowest BCUT2D eigenvalue weighted by molar-refractivity contribution is -0.116. The number of para-hydroxylation sites is 2. The molecule has 3 aromatic rings. The second-order valence-corrected chi connectivity index (χ2v) is 4.59. The summed E-state index contributed by atoms with van der Waals surface area (Å²) in [6.07, 6.45) is 5.32. The molecule has 0 atom stereocenters. The second-order valence-electron chi connectivity index (χ2n) is 4.59. The van der Waals surface area contributed by atoms with E-state index in [0.717, 1.165) is 16.9 Å². The molecule has 0 aliphatic carbocycles. The van der Waals surface area contributed by atoms with E-state index in [1.807, 2.05) is 24.3 Å². The maximum absolute atomic E-state index is 11.6. The highest BCUT2D eigenvalue weighted by Crippen LogP contribution is 2.10. The number of nitrogens with one attached hydrogen (secondary N) is 2. The van der Waals surface area contributed by atoms with Gasteiger partial charge in [0.1, 0.15) is 11.6 Å². The summed E-state index contributed by atoms with van der Waals surface area (Å²) in [7, 11) is 0. The van der Waals surface area contributed by atoms with Crippen LogP contribution in [-0.4, -0.2) is 22.4 Å². The normalized spacial score (nSPS) is 11.2. The maximum atomic E-state index is 11.6. The third-order valence-corrected chi connectivity index (χ3v) is 3.04. The van der Waals surface area contributed by atoms with Gasteiger partial charge in [0.25, 0.3) is 0 Å². The molecule has 0 unspecified atom stereocenters. The number of carbonyl (C=O) groups is 1. The van der Waals surface area contributed by atoms with Gasteiger partial charge >= 0.3 is 0 Å². The third kappa shape index (κ3) is 3.39. The van der Waals surface area contributed by atoms with Crippen molar-refractivity contribution in [3.63, 3.8) is 0 Å². The first-order valence-corrected chi connectivity index (χ1v) is 6.74. The molecular weight excluding hydrogens is 266 g/mol. The van der Waals surface area contributed by atoms with Gasteiger partial charge in [0.15, 0.2) is 0 Å². The molecule has 5 heteroatoms. The number of fused-ring (bicyclic) bond motifs is 1. The van der Waals surface area contributed by atoms with E-state index >= 15 is 0 Å². The van der Waals surface area contributed by atoms with Crippen molar-refractivity contribution in [2.45, 2.75) is 6.42 Å². The molecule has 106 valence electrons. The largest absolute Gasteiger partial charge is 0.465 e. The van der Waals surface area contributed by atoms with Crippen LogP contribution in [0.5, 0.6) is 0 Å². The molecular formula is C16H15N3O2. The molecule has 2 N–H and O–H groups in total. The van der Waals surface area contributed by atoms with Crippen molar-refractivity contribution in [1.29, 1.82) is 0 Å². The molecule has 2 heterocycles. The minimum absolute atomic E-state index is 0.150. The van der Waals surface area contributed by atoms with Crippen molar-refractivity contribution in [3.05, 3.63) is 60.3 Å². The SMILES string of the molecule is O=C(C=Cc1ccco1)NCCc1nc2ccccc2[nH]1. The summed E-state index contributed by atoms with van der Waals surface area (Å²) in [4.78, 5) is 19.3. The maximum Gasteiger partial charge on any atom is 0.244 e. The lowest BCUT2D eigenvalue weighted by Gasteiger charge is -1.99. The fourth-order valence-electron chi connectivity index (χ4n) is 2.03. The van der Waals surface area contributed by atoms with Crippen LogP contribution in [-0.2, 0) is 11.2 Å². The molecule has 1 amide bonds. The molecule has 0 spiro atoms. The number of aromatic nitrogens is 2. The highest BCUT2D eigenvalue weighted by atomic mass is 16.3. The number of hydrogen-bond donors (Lipinski definition) is 2. The average molecular weight is 281 g/mol. The Morgan fingerprint density at radius 2 is 2.19 bits per heavy atom. The summed E-state index contributed by atoms with van der Waals surface area (Å²) >= 11 is 0. The fraction of sp³-hybridized carbons (Fsp3) is 0.125. The zero-order valence-electron chi connectivity index (χ0n) is 11.4. The lowest BCUT2D eigenvalue weighted by Crippen LogP contribution is -2.23. The summed E-state index contributed by atoms with van der Waals surface area (Å²) in [5, 5.41) is 2.81. The lowest BCUT2D eigenvalue weighted by atomic mass is 10.3. The van der Waals surface area contributed by atoms with Crippen LogP contribution in [0.1, 0.15) is 11.6 Å². The van der Waals surface area contributed by atoms with Gasteiger partial charge in [-0.15, -0.1) is 0 Å². The van der Waals surface area contributed by atoms with Crippen molar-refractivity contribution in [1.82, 2.24) is 15.3 Å². The van der Waals surface area contributed by atoms with Crippen LogP contribution in [0.25, 0.3) is 17.1 Å². The van der Waals surface area contributed by atoms with Gasteiger partial charge in [-0.2, -0.15) is 0 Å². The van der Waals surface area contributed by atoms with Gasteiger partial charge in [0.2, 0.25) is 5.91 Å². The minimum Gasteiger partial charge on any atom is -0.465 e. The average Bonchev–Trinajstić information content (AvgIpc) is 3.14. The van der Waals surface area contributed by atoms with Crippen molar-refractivity contribution >= 4 is 23.0 Å². The van der Waals surface area contributed by atoms with Crippen LogP contribution < -0.4 is 5.32 Å². The van der Waals surface area contributed by atoms with Crippen molar-refractivity contribution in [2.75, 3.05) is 6.54 Å². The highest BCUT2D eigenvalue weighted by Gasteiger charge is 2.02. The Kier molecular flexibility index (Phi) is 3.82. The topological polar surface area (TPSA) is 70.9 Å². The summed E-state index contributed by atoms with van der Waals surface area (Å²) in [5.41, 5.74) is 1.95. The molecule has 21 heavy (non-hydrogen) atoms. The first kappa shape index (κ1) is 13.2. The zero-order valence-corrected chi connectivity index (χ0v) is 11.4. The quantitative estimate of drug-likeness (QED) is 0.706. The predicted octanol–water partition coefficient (Wildman–Crippen LogP) is 2.53. The Bertz CT molecular complexity index is 724. The van der Waals surface area contributed by atoms with E-state index in [1.165, 1.54) is 6.08 Å². The van der Waals surface area contributed by atoms with E-state index in [0.29, 0.717) is 18.7 Å². The Hall–Kier alpha value is -2.82. The molecule has 0 saturated carbocycles. The number of benzene rings is 1. The summed E-state index contributed by atoms with van der Waals surface area (Å²) < 4.78 is 5.11. The molecule has 0 aliphatic rings. The first-order chi connectivity index (χ1) is 10.3. The van der Waals surface area contributed by atoms with Crippen LogP contribution in [0, 0.1) is 0 Å². The molecule has 0 bridgehead atoms. The van der Waals surface area contributed by atoms with Crippen molar-refractivity contribution in [2.24, 2.45) is 0 Å². The van der Waals surface area contributed by atoms with Gasteiger partial charge in [-0.25, -0.2) is 4.98 Å². The number of hydrogen-bond acceptors (Lipinski definition) is 3. The van der Waals surface area contributed by atoms with Crippen LogP contribution in [0.4, 0.5) is 0 Å². The Morgan fingerprint density at radius 1 is 1.29 bits per heavy atom. The smallest absolute Gasteiger partial charge is 0.244 e. The predicted molar refractivity (Wildman–Crippen MR) is 80.5 cm³/mol. The minimum atomic E-state index is -0.150. The van der Waals surface area contributed by atoms with Crippen molar-refractivity contribution < 1.29 is 9.21 Å². The third-order valence-electron chi connectivity index (χ3n) is 3.04. The van der Waals surface area contributed by atoms with Crippen LogP contribution >= 0.6 is 0 Å². The van der Waals surface area contributed by atoms with E-state index in [1.54, 1.807) is 24.5 Å². The summed E-state index contributed by atoms with van der Waals surface area (Å²) in [6, 6.07) is 11.4. The van der Waals surface area contributed by atoms with Crippen molar-refractivity contribution in [3.8, 4) is 0 Å². The molecule has 2 aromatic heterocycles.